The van der Waals surface area contributed by atoms with Crippen LogP contribution in [0.25, 0.3) is 6.08 Å². The topological polar surface area (TPSA) is 65.0 Å². The van der Waals surface area contributed by atoms with E-state index in [1.165, 1.54) is 0 Å². The summed E-state index contributed by atoms with van der Waals surface area (Å²) in [5.74, 6) is -0.272. The fourth-order valence-corrected chi connectivity index (χ4v) is 2.90. The molecule has 5 nitrogen and oxygen atoms in total. The second-order valence-corrected chi connectivity index (χ2v) is 8.13. The molecule has 0 atom stereocenters. The summed E-state index contributed by atoms with van der Waals surface area (Å²) in [6.45, 7) is 3.54. The minimum Gasteiger partial charge on any atom is -0.426 e. The van der Waals surface area contributed by atoms with Gasteiger partial charge in [-0.1, -0.05) is 26.0 Å². The Bertz CT molecular complexity index is 964. The van der Waals surface area contributed by atoms with E-state index in [1.807, 2.05) is 18.2 Å². The van der Waals surface area contributed by atoms with Crippen molar-refractivity contribution >= 4 is 62.4 Å². The smallest absolute Gasteiger partial charge is 0.363 e. The molecule has 2 aromatic rings. The third kappa shape index (κ3) is 4.84. The van der Waals surface area contributed by atoms with Crippen molar-refractivity contribution in [1.82, 2.24) is 0 Å². The molecule has 138 valence electrons. The van der Waals surface area contributed by atoms with Gasteiger partial charge in [0.05, 0.1) is 5.92 Å². The number of cyclic esters (lactones) is 1. The standard InChI is InChI=1S/C20H15BrINO4/c1-11(2)19(24)26-14-6-3-12(4-7-14)9-17-20(25)27-18(23-17)13-5-8-16(22)15(21)10-13/h3-11H,1-2H3/b17-9-. The summed E-state index contributed by atoms with van der Waals surface area (Å²) < 4.78 is 12.5. The minimum absolute atomic E-state index is 0.200. The molecule has 0 saturated carbocycles. The molecule has 1 aliphatic rings. The number of hydrogen-bond acceptors (Lipinski definition) is 5. The van der Waals surface area contributed by atoms with Gasteiger partial charge in [0, 0.05) is 13.6 Å². The van der Waals surface area contributed by atoms with E-state index in [9.17, 15) is 9.59 Å². The molecule has 0 spiro atoms. The molecule has 0 saturated heterocycles. The molecule has 0 amide bonds. The van der Waals surface area contributed by atoms with Gasteiger partial charge in [0.25, 0.3) is 0 Å². The van der Waals surface area contributed by atoms with Crippen LogP contribution in [0.15, 0.2) is 57.6 Å². The summed E-state index contributed by atoms with van der Waals surface area (Å²) in [4.78, 5) is 28.0. The summed E-state index contributed by atoms with van der Waals surface area (Å²) >= 11 is 5.66. The molecule has 27 heavy (non-hydrogen) atoms. The number of esters is 2. The number of nitrogens with zero attached hydrogens (tertiary/aromatic N) is 1. The van der Waals surface area contributed by atoms with E-state index in [1.54, 1.807) is 44.2 Å². The maximum absolute atomic E-state index is 12.1. The van der Waals surface area contributed by atoms with Crippen LogP contribution in [-0.2, 0) is 14.3 Å². The lowest BCUT2D eigenvalue weighted by Crippen LogP contribution is -2.14. The summed E-state index contributed by atoms with van der Waals surface area (Å²) in [5, 5.41) is 0. The SMILES string of the molecule is CC(C)C(=O)Oc1ccc(/C=C2\N=C(c3ccc(I)c(Br)c3)OC2=O)cc1. The lowest BCUT2D eigenvalue weighted by molar-refractivity contribution is -0.137. The molecular weight excluding hydrogens is 525 g/mol. The first-order valence-electron chi connectivity index (χ1n) is 8.13. The number of carbonyl (C=O) groups is 2. The lowest BCUT2D eigenvalue weighted by atomic mass is 10.2. The van der Waals surface area contributed by atoms with Gasteiger partial charge in [-0.3, -0.25) is 4.79 Å². The molecule has 0 aromatic heterocycles. The van der Waals surface area contributed by atoms with Crippen molar-refractivity contribution in [2.75, 3.05) is 0 Å². The zero-order valence-electron chi connectivity index (χ0n) is 14.5. The van der Waals surface area contributed by atoms with Crippen molar-refractivity contribution in [1.29, 1.82) is 0 Å². The number of carbonyl (C=O) groups excluding carboxylic acids is 2. The second kappa shape index (κ2) is 8.35. The second-order valence-electron chi connectivity index (χ2n) is 6.11. The number of halogens is 2. The first kappa shape index (κ1) is 19.8. The first-order chi connectivity index (χ1) is 12.8. The van der Waals surface area contributed by atoms with E-state index in [-0.39, 0.29) is 23.5 Å². The van der Waals surface area contributed by atoms with Crippen LogP contribution in [-0.4, -0.2) is 17.8 Å². The fraction of sp³-hybridized carbons (Fsp3) is 0.150. The third-order valence-corrected chi connectivity index (χ3v) is 6.00. The van der Waals surface area contributed by atoms with Crippen LogP contribution in [0, 0.1) is 9.49 Å². The number of aliphatic imine (C=N–C) groups is 1. The minimum atomic E-state index is -0.505. The molecule has 0 bridgehead atoms. The van der Waals surface area contributed by atoms with Crippen LogP contribution in [0.2, 0.25) is 0 Å². The summed E-state index contributed by atoms with van der Waals surface area (Å²) in [7, 11) is 0. The Kier molecular flexibility index (Phi) is 6.11. The number of hydrogen-bond donors (Lipinski definition) is 0. The maximum atomic E-state index is 12.1. The predicted molar refractivity (Wildman–Crippen MR) is 114 cm³/mol. The first-order valence-corrected chi connectivity index (χ1v) is 10.0. The van der Waals surface area contributed by atoms with E-state index >= 15 is 0 Å². The number of benzene rings is 2. The predicted octanol–water partition coefficient (Wildman–Crippen LogP) is 4.96. The molecule has 1 aliphatic heterocycles. The Morgan fingerprint density at radius 3 is 2.56 bits per heavy atom. The highest BCUT2D eigenvalue weighted by Gasteiger charge is 2.24. The van der Waals surface area contributed by atoms with Gasteiger partial charge in [0.2, 0.25) is 5.90 Å². The molecule has 0 fully saturated rings. The van der Waals surface area contributed by atoms with Gasteiger partial charge in [0.1, 0.15) is 5.75 Å². The average Bonchev–Trinajstić information content (AvgIpc) is 2.99. The molecule has 0 aliphatic carbocycles. The molecular formula is C20H15BrINO4. The molecule has 7 heteroatoms. The van der Waals surface area contributed by atoms with Crippen LogP contribution in [0.5, 0.6) is 5.75 Å². The summed E-state index contributed by atoms with van der Waals surface area (Å²) in [6, 6.07) is 12.5. The number of rotatable bonds is 4. The normalized spacial score (nSPS) is 15.1. The van der Waals surface area contributed by atoms with Crippen LogP contribution in [0.4, 0.5) is 0 Å². The van der Waals surface area contributed by atoms with Gasteiger partial charge < -0.3 is 9.47 Å². The van der Waals surface area contributed by atoms with E-state index in [2.05, 4.69) is 43.5 Å². The Labute approximate surface area is 178 Å². The quantitative estimate of drug-likeness (QED) is 0.238. The fourth-order valence-electron chi connectivity index (χ4n) is 2.19. The molecule has 2 aromatic carbocycles. The van der Waals surface area contributed by atoms with Crippen LogP contribution in [0.1, 0.15) is 25.0 Å². The zero-order valence-corrected chi connectivity index (χ0v) is 18.3. The van der Waals surface area contributed by atoms with Crippen molar-refractivity contribution in [3.8, 4) is 5.75 Å². The van der Waals surface area contributed by atoms with Gasteiger partial charge in [0.15, 0.2) is 5.70 Å². The number of ether oxygens (including phenoxy) is 2. The van der Waals surface area contributed by atoms with E-state index < -0.39 is 5.97 Å². The average molecular weight is 540 g/mol. The highest BCUT2D eigenvalue weighted by atomic mass is 127. The van der Waals surface area contributed by atoms with Gasteiger partial charge in [-0.05, 0) is 80.5 Å². The Hall–Kier alpha value is -2.00. The Morgan fingerprint density at radius 2 is 1.93 bits per heavy atom. The molecule has 0 radical (unpaired) electrons. The lowest BCUT2D eigenvalue weighted by Gasteiger charge is -2.06. The molecule has 0 unspecified atom stereocenters. The summed E-state index contributed by atoms with van der Waals surface area (Å²) in [6.07, 6.45) is 1.63. The highest BCUT2D eigenvalue weighted by molar-refractivity contribution is 14.1. The van der Waals surface area contributed by atoms with Gasteiger partial charge in [-0.25, -0.2) is 9.79 Å². The zero-order chi connectivity index (χ0) is 19.6. The van der Waals surface area contributed by atoms with E-state index in [0.717, 1.165) is 19.2 Å². The molecule has 3 rings (SSSR count). The Morgan fingerprint density at radius 1 is 1.22 bits per heavy atom. The van der Waals surface area contributed by atoms with Crippen LogP contribution in [0.3, 0.4) is 0 Å². The van der Waals surface area contributed by atoms with Gasteiger partial charge in [-0.15, -0.1) is 0 Å². The van der Waals surface area contributed by atoms with E-state index in [4.69, 9.17) is 9.47 Å². The van der Waals surface area contributed by atoms with Gasteiger partial charge in [-0.2, -0.15) is 0 Å². The maximum Gasteiger partial charge on any atom is 0.363 e. The van der Waals surface area contributed by atoms with Crippen molar-refractivity contribution in [2.45, 2.75) is 13.8 Å². The Balaban J connectivity index is 1.80. The van der Waals surface area contributed by atoms with Crippen molar-refractivity contribution in [3.63, 3.8) is 0 Å². The van der Waals surface area contributed by atoms with E-state index in [0.29, 0.717) is 5.75 Å². The van der Waals surface area contributed by atoms with Gasteiger partial charge >= 0.3 is 11.9 Å². The van der Waals surface area contributed by atoms with Crippen molar-refractivity contribution in [2.24, 2.45) is 10.9 Å². The van der Waals surface area contributed by atoms with Crippen molar-refractivity contribution in [3.05, 3.63) is 67.3 Å². The largest absolute Gasteiger partial charge is 0.426 e. The molecule has 1 heterocycles. The third-order valence-electron chi connectivity index (χ3n) is 3.66. The van der Waals surface area contributed by atoms with Crippen molar-refractivity contribution < 1.29 is 19.1 Å². The summed E-state index contributed by atoms with van der Waals surface area (Å²) in [5.41, 5.74) is 1.68. The monoisotopic (exact) mass is 539 g/mol. The van der Waals surface area contributed by atoms with Crippen LogP contribution < -0.4 is 4.74 Å². The molecule has 0 N–H and O–H groups in total. The highest BCUT2D eigenvalue weighted by Crippen LogP contribution is 2.25. The van der Waals surface area contributed by atoms with Crippen LogP contribution >= 0.6 is 38.5 Å².